The highest BCUT2D eigenvalue weighted by molar-refractivity contribution is 6.26. The number of amides is 2. The van der Waals surface area contributed by atoms with Crippen LogP contribution in [0.25, 0.3) is 10.8 Å². The number of fused-ring (bicyclic) bond motifs is 2. The first-order valence-corrected chi connectivity index (χ1v) is 22.9. The van der Waals surface area contributed by atoms with Gasteiger partial charge in [0.1, 0.15) is 0 Å². The normalized spacial score (nSPS) is 34.1. The molecule has 2 amide bonds. The third kappa shape index (κ3) is 5.93. The van der Waals surface area contributed by atoms with E-state index in [0.717, 1.165) is 99.5 Å². The Morgan fingerprint density at radius 1 is 0.900 bits per heavy atom. The van der Waals surface area contributed by atoms with Crippen LogP contribution in [0.1, 0.15) is 124 Å². The number of ether oxygens (including phenoxy) is 2. The van der Waals surface area contributed by atoms with Crippen LogP contribution in [-0.4, -0.2) is 98.5 Å². The number of carbonyl (C=O) groups is 3. The maximum Gasteiger partial charge on any atom is 0.261 e. The average molecular weight is 820 g/mol. The van der Waals surface area contributed by atoms with Gasteiger partial charge in [-0.1, -0.05) is 44.2 Å². The molecule has 12 heteroatoms. The Balaban J connectivity index is 0.705. The molecular formula is C48H61N5O7. The topological polar surface area (TPSA) is 147 Å². The lowest BCUT2D eigenvalue weighted by Gasteiger charge is -2.72. The number of aromatic nitrogens is 3. The van der Waals surface area contributed by atoms with Crippen molar-refractivity contribution in [1.82, 2.24) is 19.9 Å². The zero-order chi connectivity index (χ0) is 41.6. The molecule has 2 N–H and O–H groups in total. The molecule has 320 valence electrons. The number of imide groups is 1. The number of hydrogen-bond acceptors (Lipinski definition) is 10. The number of nitrogens with zero attached hydrogens (tertiary/aromatic N) is 5. The largest absolute Gasteiger partial charge is 0.393 e. The molecule has 2 aromatic carbocycles. The lowest BCUT2D eigenvalue weighted by atomic mass is 9.37. The van der Waals surface area contributed by atoms with Gasteiger partial charge in [-0.2, -0.15) is 0 Å². The predicted molar refractivity (Wildman–Crippen MR) is 225 cm³/mol. The van der Waals surface area contributed by atoms with E-state index in [2.05, 4.69) is 41.7 Å². The van der Waals surface area contributed by atoms with Crippen molar-refractivity contribution >= 4 is 34.1 Å². The van der Waals surface area contributed by atoms with E-state index in [1.807, 2.05) is 35.1 Å². The number of unbranched alkanes of at least 4 members (excludes halogenated alkanes) is 3. The zero-order valence-corrected chi connectivity index (χ0v) is 35.3. The van der Waals surface area contributed by atoms with Crippen molar-refractivity contribution in [2.75, 3.05) is 31.1 Å². The van der Waals surface area contributed by atoms with Gasteiger partial charge in [0.05, 0.1) is 29.4 Å². The Morgan fingerprint density at radius 3 is 2.50 bits per heavy atom. The van der Waals surface area contributed by atoms with Crippen LogP contribution in [0.2, 0.25) is 0 Å². The van der Waals surface area contributed by atoms with Gasteiger partial charge in [0.2, 0.25) is 0 Å². The molecule has 4 saturated carbocycles. The first kappa shape index (κ1) is 40.1. The van der Waals surface area contributed by atoms with Gasteiger partial charge in [-0.25, -0.2) is 0 Å². The van der Waals surface area contributed by atoms with E-state index in [4.69, 9.17) is 9.47 Å². The molecule has 60 heavy (non-hydrogen) atoms. The SMILES string of the molecule is C=C1C(=O)[C@]23[C@H](O)[C@H]1C[C@H](O)[C@H]2[C@]12CCCC(C)(C)[C@H]1C[C@H]3O[C@H]2OCCCCc1cn(CCCCCN2C(=O)c3cccc4c(N5CCCCC5)ccc(c34)C2=O)nn1. The summed E-state index contributed by atoms with van der Waals surface area (Å²) in [6, 6.07) is 9.83. The quantitative estimate of drug-likeness (QED) is 0.109. The van der Waals surface area contributed by atoms with E-state index in [1.165, 1.54) is 11.3 Å². The minimum absolute atomic E-state index is 0.000828. The Bertz CT molecular complexity index is 2190. The van der Waals surface area contributed by atoms with Crippen molar-refractivity contribution < 1.29 is 34.1 Å². The second kappa shape index (κ2) is 15.1. The predicted octanol–water partition coefficient (Wildman–Crippen LogP) is 6.65. The van der Waals surface area contributed by atoms with E-state index in [9.17, 15) is 24.6 Å². The zero-order valence-electron chi connectivity index (χ0n) is 35.3. The highest BCUT2D eigenvalue weighted by Crippen LogP contribution is 2.75. The maximum absolute atomic E-state index is 14.0. The summed E-state index contributed by atoms with van der Waals surface area (Å²) in [7, 11) is 0. The van der Waals surface area contributed by atoms with Gasteiger partial charge in [-0.3, -0.25) is 24.0 Å². The van der Waals surface area contributed by atoms with Crippen LogP contribution in [0.15, 0.2) is 48.7 Å². The van der Waals surface area contributed by atoms with Gasteiger partial charge in [0.25, 0.3) is 11.8 Å². The molecule has 12 nitrogen and oxygen atoms in total. The van der Waals surface area contributed by atoms with Crippen molar-refractivity contribution in [3.8, 4) is 0 Å². The van der Waals surface area contributed by atoms with E-state index in [-0.39, 0.29) is 28.9 Å². The number of rotatable bonds is 13. The summed E-state index contributed by atoms with van der Waals surface area (Å²) in [5, 5.41) is 34.1. The molecule has 4 bridgehead atoms. The van der Waals surface area contributed by atoms with Crippen LogP contribution in [0, 0.1) is 34.0 Å². The van der Waals surface area contributed by atoms with Crippen molar-refractivity contribution in [2.24, 2.45) is 34.0 Å². The Morgan fingerprint density at radius 2 is 1.68 bits per heavy atom. The Hall–Kier alpha value is -3.97. The summed E-state index contributed by atoms with van der Waals surface area (Å²) < 4.78 is 15.3. The van der Waals surface area contributed by atoms with Crippen LogP contribution in [0.3, 0.4) is 0 Å². The molecule has 7 fully saturated rings. The second-order valence-corrected chi connectivity index (χ2v) is 19.9. The van der Waals surface area contributed by atoms with Gasteiger partial charge < -0.3 is 24.6 Å². The van der Waals surface area contributed by atoms with Crippen LogP contribution in [0.4, 0.5) is 5.69 Å². The smallest absolute Gasteiger partial charge is 0.261 e. The van der Waals surface area contributed by atoms with E-state index in [1.54, 1.807) is 0 Å². The number of aryl methyl sites for hydroxylation is 2. The third-order valence-electron chi connectivity index (χ3n) is 16.3. The molecule has 4 aliphatic heterocycles. The summed E-state index contributed by atoms with van der Waals surface area (Å²) in [5.74, 6) is -1.11. The molecule has 8 aliphatic rings. The fourth-order valence-corrected chi connectivity index (χ4v) is 13.7. The molecule has 3 saturated heterocycles. The van der Waals surface area contributed by atoms with Gasteiger partial charge in [0, 0.05) is 83.8 Å². The highest BCUT2D eigenvalue weighted by atomic mass is 16.7. The lowest BCUT2D eigenvalue weighted by Crippen LogP contribution is -2.78. The van der Waals surface area contributed by atoms with Gasteiger partial charge >= 0.3 is 0 Å². The van der Waals surface area contributed by atoms with Crippen LogP contribution < -0.4 is 4.90 Å². The van der Waals surface area contributed by atoms with Crippen LogP contribution in [0.5, 0.6) is 0 Å². The Labute approximate surface area is 352 Å². The summed E-state index contributed by atoms with van der Waals surface area (Å²) >= 11 is 0. The number of hydrogen-bond donors (Lipinski definition) is 2. The molecule has 11 rings (SSSR count). The van der Waals surface area contributed by atoms with Crippen molar-refractivity contribution in [1.29, 1.82) is 0 Å². The third-order valence-corrected chi connectivity index (χ3v) is 16.3. The number of benzene rings is 2. The monoisotopic (exact) mass is 819 g/mol. The molecule has 4 aliphatic carbocycles. The summed E-state index contributed by atoms with van der Waals surface area (Å²) in [6.45, 7) is 12.3. The van der Waals surface area contributed by atoms with Crippen LogP contribution >= 0.6 is 0 Å². The maximum atomic E-state index is 14.0. The van der Waals surface area contributed by atoms with Crippen molar-refractivity contribution in [3.63, 3.8) is 0 Å². The standard InChI is InChI=1S/C48H61N5O7/c1-29-34-26-36(54)40-47-20-13-19-46(2,3)37(47)27-38(48(40,41(29)55)42(34)56)60-45(47)59-25-11-6-14-30-28-52(50-49-30)23-9-5-10-24-53-43(57)32-16-12-15-31-35(51-21-7-4-8-22-51)18-17-33(39(31)32)44(53)58/h12,15-18,28,34,36-38,40,42,45,54,56H,1,4-11,13-14,19-27H2,2-3H3/t34-,36-,37+,38+,40-,42+,45+,47-,48+/m0/s1. The van der Waals surface area contributed by atoms with Crippen molar-refractivity contribution in [3.05, 3.63) is 65.5 Å². The molecular weight excluding hydrogens is 759 g/mol. The molecule has 0 radical (unpaired) electrons. The number of carbonyl (C=O) groups excluding carboxylic acids is 3. The fraction of sp³-hybridized carbons (Fsp3) is 0.646. The van der Waals surface area contributed by atoms with E-state index >= 15 is 0 Å². The van der Waals surface area contributed by atoms with Crippen LogP contribution in [-0.2, 0) is 27.2 Å². The number of aliphatic hydroxyl groups excluding tert-OH is 2. The van der Waals surface area contributed by atoms with Gasteiger partial charge in [-0.15, -0.1) is 5.10 Å². The number of aliphatic hydroxyl groups is 2. The molecule has 3 aromatic rings. The Kier molecular flexibility index (Phi) is 10.1. The highest BCUT2D eigenvalue weighted by Gasteiger charge is 2.81. The summed E-state index contributed by atoms with van der Waals surface area (Å²) in [6.07, 6.45) is 11.7. The summed E-state index contributed by atoms with van der Waals surface area (Å²) in [5.41, 5.74) is 2.04. The van der Waals surface area contributed by atoms with Crippen molar-refractivity contribution in [2.45, 2.75) is 135 Å². The average Bonchev–Trinajstić information content (AvgIpc) is 3.74. The fourth-order valence-electron chi connectivity index (χ4n) is 13.7. The molecule has 0 unspecified atom stereocenters. The number of piperidine rings is 1. The number of Topliss-reactive ketones (excluding diaryl/α,β-unsaturated/α-hetero) is 1. The summed E-state index contributed by atoms with van der Waals surface area (Å²) in [4.78, 5) is 45.1. The van der Waals surface area contributed by atoms with Gasteiger partial charge in [-0.05, 0) is 119 Å². The number of anilines is 1. The minimum Gasteiger partial charge on any atom is -0.393 e. The molecule has 2 spiro atoms. The van der Waals surface area contributed by atoms with E-state index < -0.39 is 47.3 Å². The lowest BCUT2D eigenvalue weighted by molar-refractivity contribution is -0.402. The van der Waals surface area contributed by atoms with Gasteiger partial charge in [0.15, 0.2) is 12.1 Å². The van der Waals surface area contributed by atoms with E-state index in [0.29, 0.717) is 55.7 Å². The molecule has 1 aromatic heterocycles. The first-order chi connectivity index (χ1) is 29.0. The number of ketones is 1. The molecule has 9 atom stereocenters. The minimum atomic E-state index is -1.14. The second-order valence-electron chi connectivity index (χ2n) is 19.9. The first-order valence-electron chi connectivity index (χ1n) is 22.9. The molecule has 5 heterocycles.